The summed E-state index contributed by atoms with van der Waals surface area (Å²) in [5.74, 6) is -0.300. The Morgan fingerprint density at radius 2 is 1.93 bits per heavy atom. The van der Waals surface area contributed by atoms with E-state index in [1.54, 1.807) is 47.4 Å². The maximum atomic E-state index is 14.1. The highest BCUT2D eigenvalue weighted by Gasteiger charge is 2.34. The van der Waals surface area contributed by atoms with Gasteiger partial charge in [0.2, 0.25) is 0 Å². The van der Waals surface area contributed by atoms with E-state index in [0.717, 1.165) is 5.69 Å². The predicted octanol–water partition coefficient (Wildman–Crippen LogP) is 3.08. The SMILES string of the molecule is Cn1nc(-c2nnc(-c3ccccc3F)o2)c2c1CCN(S(=O)(=O)c1cccs1)C2. The minimum Gasteiger partial charge on any atom is -0.414 e. The largest absolute Gasteiger partial charge is 0.414 e. The van der Waals surface area contributed by atoms with Crippen LogP contribution in [0.4, 0.5) is 4.39 Å². The number of hydrogen-bond acceptors (Lipinski definition) is 7. The highest BCUT2D eigenvalue weighted by Crippen LogP contribution is 2.33. The Hall–Kier alpha value is -2.89. The van der Waals surface area contributed by atoms with E-state index in [1.807, 2.05) is 0 Å². The van der Waals surface area contributed by atoms with Crippen LogP contribution in [-0.4, -0.2) is 39.2 Å². The van der Waals surface area contributed by atoms with Gasteiger partial charge in [0, 0.05) is 37.8 Å². The van der Waals surface area contributed by atoms with E-state index in [-0.39, 0.29) is 23.9 Å². The monoisotopic (exact) mass is 445 g/mol. The van der Waals surface area contributed by atoms with Gasteiger partial charge in [0.25, 0.3) is 21.8 Å². The number of sulfonamides is 1. The number of halogens is 1. The fourth-order valence-electron chi connectivity index (χ4n) is 3.54. The molecule has 0 atom stereocenters. The van der Waals surface area contributed by atoms with Gasteiger partial charge in [-0.3, -0.25) is 4.68 Å². The van der Waals surface area contributed by atoms with Gasteiger partial charge in [-0.05, 0) is 23.6 Å². The Bertz CT molecular complexity index is 1330. The van der Waals surface area contributed by atoms with E-state index in [0.29, 0.717) is 28.4 Å². The van der Waals surface area contributed by atoms with Gasteiger partial charge in [-0.2, -0.15) is 9.40 Å². The lowest BCUT2D eigenvalue weighted by Gasteiger charge is -2.26. The molecule has 11 heteroatoms. The Morgan fingerprint density at radius 1 is 1.13 bits per heavy atom. The lowest BCUT2D eigenvalue weighted by Crippen LogP contribution is -2.36. The Balaban J connectivity index is 1.52. The molecule has 1 aromatic carbocycles. The van der Waals surface area contributed by atoms with Gasteiger partial charge in [-0.25, -0.2) is 12.8 Å². The van der Waals surface area contributed by atoms with Crippen LogP contribution in [-0.2, 0) is 30.0 Å². The van der Waals surface area contributed by atoms with Crippen molar-refractivity contribution in [3.8, 4) is 23.0 Å². The van der Waals surface area contributed by atoms with Gasteiger partial charge in [-0.1, -0.05) is 18.2 Å². The van der Waals surface area contributed by atoms with Crippen LogP contribution in [0.1, 0.15) is 11.3 Å². The molecule has 1 aliphatic heterocycles. The van der Waals surface area contributed by atoms with Crippen molar-refractivity contribution in [3.63, 3.8) is 0 Å². The second-order valence-electron chi connectivity index (χ2n) is 6.81. The van der Waals surface area contributed by atoms with Crippen LogP contribution in [0.2, 0.25) is 0 Å². The first kappa shape index (κ1) is 19.1. The van der Waals surface area contributed by atoms with Crippen LogP contribution in [0.3, 0.4) is 0 Å². The first-order chi connectivity index (χ1) is 14.4. The Labute approximate surface area is 175 Å². The maximum Gasteiger partial charge on any atom is 0.268 e. The zero-order chi connectivity index (χ0) is 20.9. The van der Waals surface area contributed by atoms with E-state index in [1.165, 1.54) is 21.7 Å². The summed E-state index contributed by atoms with van der Waals surface area (Å²) in [6.07, 6.45) is 0.512. The molecule has 0 amide bonds. The first-order valence-electron chi connectivity index (χ1n) is 9.12. The fourth-order valence-corrected chi connectivity index (χ4v) is 6.10. The molecular formula is C19H16FN5O3S2. The molecule has 30 heavy (non-hydrogen) atoms. The van der Waals surface area contributed by atoms with Gasteiger partial charge in [0.1, 0.15) is 10.0 Å². The summed E-state index contributed by atoms with van der Waals surface area (Å²) in [6, 6.07) is 9.43. The van der Waals surface area contributed by atoms with Crippen molar-refractivity contribution in [2.24, 2.45) is 7.05 Å². The van der Waals surface area contributed by atoms with E-state index in [9.17, 15) is 12.8 Å². The number of benzene rings is 1. The third-order valence-electron chi connectivity index (χ3n) is 5.03. The van der Waals surface area contributed by atoms with Gasteiger partial charge >= 0.3 is 0 Å². The molecule has 0 aliphatic carbocycles. The average Bonchev–Trinajstić information content (AvgIpc) is 3.49. The third kappa shape index (κ3) is 3.06. The van der Waals surface area contributed by atoms with Gasteiger partial charge in [-0.15, -0.1) is 21.5 Å². The molecule has 0 N–H and O–H groups in total. The molecule has 0 unspecified atom stereocenters. The van der Waals surface area contributed by atoms with Gasteiger partial charge in [0.15, 0.2) is 5.69 Å². The van der Waals surface area contributed by atoms with Crippen molar-refractivity contribution in [2.45, 2.75) is 17.2 Å². The summed E-state index contributed by atoms with van der Waals surface area (Å²) in [7, 11) is -1.80. The first-order valence-corrected chi connectivity index (χ1v) is 11.4. The topological polar surface area (TPSA) is 94.1 Å². The predicted molar refractivity (Wildman–Crippen MR) is 108 cm³/mol. The number of aryl methyl sites for hydroxylation is 1. The zero-order valence-electron chi connectivity index (χ0n) is 15.8. The van der Waals surface area contributed by atoms with Crippen molar-refractivity contribution in [1.82, 2.24) is 24.3 Å². The normalized spacial score (nSPS) is 14.7. The van der Waals surface area contributed by atoms with Crippen molar-refractivity contribution in [2.75, 3.05) is 6.54 Å². The summed E-state index contributed by atoms with van der Waals surface area (Å²) in [6.45, 7) is 0.507. The summed E-state index contributed by atoms with van der Waals surface area (Å²) in [4.78, 5) is 0. The second kappa shape index (κ2) is 7.11. The molecule has 8 nitrogen and oxygen atoms in total. The molecule has 1 aliphatic rings. The van der Waals surface area contributed by atoms with Crippen molar-refractivity contribution >= 4 is 21.4 Å². The highest BCUT2D eigenvalue weighted by atomic mass is 32.2. The van der Waals surface area contributed by atoms with Crippen LogP contribution in [0.25, 0.3) is 23.0 Å². The molecule has 0 saturated heterocycles. The Kier molecular flexibility index (Phi) is 4.53. The van der Waals surface area contributed by atoms with Gasteiger partial charge < -0.3 is 4.42 Å². The van der Waals surface area contributed by atoms with E-state index >= 15 is 0 Å². The number of nitrogens with zero attached hydrogens (tertiary/aromatic N) is 5. The van der Waals surface area contributed by atoms with Crippen LogP contribution in [0.5, 0.6) is 0 Å². The number of rotatable bonds is 4. The molecular weight excluding hydrogens is 429 g/mol. The summed E-state index contributed by atoms with van der Waals surface area (Å²) >= 11 is 1.19. The fraction of sp³-hybridized carbons (Fsp3) is 0.211. The number of fused-ring (bicyclic) bond motifs is 1. The summed E-state index contributed by atoms with van der Waals surface area (Å²) < 4.78 is 49.1. The zero-order valence-corrected chi connectivity index (χ0v) is 17.5. The highest BCUT2D eigenvalue weighted by molar-refractivity contribution is 7.91. The molecule has 0 spiro atoms. The smallest absolute Gasteiger partial charge is 0.268 e. The molecule has 154 valence electrons. The summed E-state index contributed by atoms with van der Waals surface area (Å²) in [5, 5.41) is 14.2. The molecule has 4 heterocycles. The number of hydrogen-bond donors (Lipinski definition) is 0. The van der Waals surface area contributed by atoms with Crippen molar-refractivity contribution in [1.29, 1.82) is 0 Å². The molecule has 5 rings (SSSR count). The third-order valence-corrected chi connectivity index (χ3v) is 8.25. The number of thiophene rings is 1. The minimum absolute atomic E-state index is 0.0429. The average molecular weight is 446 g/mol. The lowest BCUT2D eigenvalue weighted by molar-refractivity contribution is 0.387. The molecule has 0 fully saturated rings. The molecule has 0 radical (unpaired) electrons. The van der Waals surface area contributed by atoms with E-state index in [4.69, 9.17) is 4.42 Å². The van der Waals surface area contributed by atoms with E-state index in [2.05, 4.69) is 15.3 Å². The van der Waals surface area contributed by atoms with E-state index < -0.39 is 15.8 Å². The standard InChI is InChI=1S/C19H16FN5O3S2/c1-24-15-8-9-25(30(26,27)16-7-4-10-29-16)11-13(15)17(23-24)19-22-21-18(28-19)12-5-2-3-6-14(12)20/h2-7,10H,8-9,11H2,1H3. The quantitative estimate of drug-likeness (QED) is 0.479. The van der Waals surface area contributed by atoms with Crippen LogP contribution >= 0.6 is 11.3 Å². The van der Waals surface area contributed by atoms with Crippen LogP contribution < -0.4 is 0 Å². The molecule has 0 saturated carbocycles. The number of aromatic nitrogens is 4. The van der Waals surface area contributed by atoms with Gasteiger partial charge in [0.05, 0.1) is 5.56 Å². The lowest BCUT2D eigenvalue weighted by atomic mass is 10.1. The molecule has 0 bridgehead atoms. The van der Waals surface area contributed by atoms with Crippen LogP contribution in [0.15, 0.2) is 50.4 Å². The summed E-state index contributed by atoms with van der Waals surface area (Å²) in [5.41, 5.74) is 2.23. The Morgan fingerprint density at radius 3 is 2.70 bits per heavy atom. The molecule has 3 aromatic heterocycles. The van der Waals surface area contributed by atoms with Crippen molar-refractivity contribution in [3.05, 3.63) is 58.9 Å². The van der Waals surface area contributed by atoms with Crippen LogP contribution in [0, 0.1) is 5.82 Å². The maximum absolute atomic E-state index is 14.1. The van der Waals surface area contributed by atoms with Crippen molar-refractivity contribution < 1.29 is 17.2 Å². The molecule has 4 aromatic rings. The minimum atomic E-state index is -3.60. The second-order valence-corrected chi connectivity index (χ2v) is 9.92.